The van der Waals surface area contributed by atoms with E-state index < -0.39 is 0 Å². The molecule has 3 aliphatic heterocycles. The number of ether oxygens (including phenoxy) is 2. The van der Waals surface area contributed by atoms with Crippen LogP contribution in [-0.4, -0.2) is 24.1 Å². The summed E-state index contributed by atoms with van der Waals surface area (Å²) in [5.41, 5.74) is 4.30. The quantitative estimate of drug-likeness (QED) is 0.675. The fourth-order valence-corrected chi connectivity index (χ4v) is 5.72. The summed E-state index contributed by atoms with van der Waals surface area (Å²) in [6, 6.07) is 16.3. The minimum Gasteiger partial charge on any atom is -0.454 e. The van der Waals surface area contributed by atoms with Crippen LogP contribution in [0.15, 0.2) is 48.5 Å². The number of hydrogen-bond donors (Lipinski definition) is 2. The Morgan fingerprint density at radius 3 is 2.83 bits per heavy atom. The molecule has 30 heavy (non-hydrogen) atoms. The van der Waals surface area contributed by atoms with Gasteiger partial charge in [-0.1, -0.05) is 36.4 Å². The van der Waals surface area contributed by atoms with Gasteiger partial charge < -0.3 is 20.1 Å². The Balaban J connectivity index is 1.24. The van der Waals surface area contributed by atoms with Gasteiger partial charge >= 0.3 is 0 Å². The van der Waals surface area contributed by atoms with Gasteiger partial charge in [-0.05, 0) is 35.2 Å². The van der Waals surface area contributed by atoms with E-state index in [9.17, 15) is 4.79 Å². The van der Waals surface area contributed by atoms with Gasteiger partial charge in [-0.25, -0.2) is 0 Å². The van der Waals surface area contributed by atoms with Gasteiger partial charge in [-0.2, -0.15) is 0 Å². The first-order valence-corrected chi connectivity index (χ1v) is 10.9. The Kier molecular flexibility index (Phi) is 4.17. The van der Waals surface area contributed by atoms with Crippen molar-refractivity contribution in [2.24, 2.45) is 0 Å². The molecule has 1 aromatic heterocycles. The maximum Gasteiger partial charge on any atom is 0.256 e. The van der Waals surface area contributed by atoms with Crippen molar-refractivity contribution in [2.75, 3.05) is 18.7 Å². The number of anilines is 1. The van der Waals surface area contributed by atoms with Crippen LogP contribution in [-0.2, 0) is 19.5 Å². The number of amides is 1. The monoisotopic (exact) mass is 419 g/mol. The highest BCUT2D eigenvalue weighted by molar-refractivity contribution is 7.16. The molecule has 0 bridgehead atoms. The molecule has 152 valence electrons. The lowest BCUT2D eigenvalue weighted by Gasteiger charge is -2.28. The Morgan fingerprint density at radius 1 is 1.07 bits per heavy atom. The topological polar surface area (TPSA) is 62.8 Å². The lowest BCUT2D eigenvalue weighted by molar-refractivity contribution is 0.0934. The van der Waals surface area contributed by atoms with Crippen molar-refractivity contribution in [2.45, 2.75) is 25.7 Å². The number of nitrogens with one attached hydrogen (secondary N) is 2. The highest BCUT2D eigenvalue weighted by atomic mass is 32.1. The first kappa shape index (κ1) is 17.8. The minimum absolute atomic E-state index is 0.000395. The van der Waals surface area contributed by atoms with Gasteiger partial charge in [0.2, 0.25) is 6.79 Å². The number of benzene rings is 2. The van der Waals surface area contributed by atoms with Crippen molar-refractivity contribution in [1.29, 1.82) is 0 Å². The predicted octanol–water partition coefficient (Wildman–Crippen LogP) is 3.89. The second-order valence-corrected chi connectivity index (χ2v) is 8.92. The molecule has 6 nitrogen and oxygen atoms in total. The van der Waals surface area contributed by atoms with Crippen LogP contribution in [0, 0.1) is 0 Å². The SMILES string of the molecule is O=C1NC(c2ccc3c(c2)OCO3)Nc2sc3c(c21)CCN(Cc1ccccc1)C3. The van der Waals surface area contributed by atoms with E-state index in [2.05, 4.69) is 39.8 Å². The number of hydrogen-bond acceptors (Lipinski definition) is 6. The summed E-state index contributed by atoms with van der Waals surface area (Å²) >= 11 is 1.71. The van der Waals surface area contributed by atoms with Gasteiger partial charge in [0.15, 0.2) is 11.5 Å². The number of nitrogens with zero attached hydrogens (tertiary/aromatic N) is 1. The molecule has 4 heterocycles. The zero-order valence-corrected chi connectivity index (χ0v) is 17.1. The van der Waals surface area contributed by atoms with E-state index in [1.807, 2.05) is 24.3 Å². The molecular formula is C23H21N3O3S. The summed E-state index contributed by atoms with van der Waals surface area (Å²) in [5.74, 6) is 1.46. The molecule has 0 saturated heterocycles. The molecule has 1 amide bonds. The standard InChI is InChI=1S/C23H21N3O3S/c27-22-20-16-8-9-26(11-14-4-2-1-3-5-14)12-19(16)30-23(20)25-21(24-22)15-6-7-17-18(10-15)29-13-28-17/h1-7,10,21,25H,8-9,11-13H2,(H,24,27). The van der Waals surface area contributed by atoms with Crippen LogP contribution in [0.4, 0.5) is 5.00 Å². The van der Waals surface area contributed by atoms with Gasteiger partial charge in [0.05, 0.1) is 5.56 Å². The zero-order valence-electron chi connectivity index (χ0n) is 16.3. The third kappa shape index (κ3) is 3.02. The van der Waals surface area contributed by atoms with E-state index in [0.29, 0.717) is 0 Å². The lowest BCUT2D eigenvalue weighted by Crippen LogP contribution is -2.38. The van der Waals surface area contributed by atoms with Crippen LogP contribution >= 0.6 is 11.3 Å². The summed E-state index contributed by atoms with van der Waals surface area (Å²) in [4.78, 5) is 16.7. The normalized spacial score (nSPS) is 19.6. The first-order valence-electron chi connectivity index (χ1n) is 10.1. The predicted molar refractivity (Wildman–Crippen MR) is 115 cm³/mol. The maximum atomic E-state index is 13.0. The molecule has 1 atom stereocenters. The summed E-state index contributed by atoms with van der Waals surface area (Å²) in [6.45, 7) is 3.02. The molecule has 0 aliphatic carbocycles. The Morgan fingerprint density at radius 2 is 1.93 bits per heavy atom. The second kappa shape index (κ2) is 7.04. The van der Waals surface area contributed by atoms with E-state index in [1.165, 1.54) is 16.0 Å². The molecular weight excluding hydrogens is 398 g/mol. The van der Waals surface area contributed by atoms with Crippen molar-refractivity contribution in [3.8, 4) is 11.5 Å². The molecule has 1 unspecified atom stereocenters. The fraction of sp³-hybridized carbons (Fsp3) is 0.261. The van der Waals surface area contributed by atoms with Crippen molar-refractivity contribution < 1.29 is 14.3 Å². The molecule has 7 heteroatoms. The van der Waals surface area contributed by atoms with E-state index in [1.54, 1.807) is 11.3 Å². The molecule has 2 N–H and O–H groups in total. The second-order valence-electron chi connectivity index (χ2n) is 7.82. The van der Waals surface area contributed by atoms with Gasteiger partial charge in [0.25, 0.3) is 5.91 Å². The Hall–Kier alpha value is -3.03. The zero-order chi connectivity index (χ0) is 20.1. The maximum absolute atomic E-state index is 13.0. The lowest BCUT2D eigenvalue weighted by atomic mass is 10.00. The Bertz CT molecular complexity index is 1130. The third-order valence-corrected chi connectivity index (χ3v) is 7.04. The van der Waals surface area contributed by atoms with Crippen LogP contribution in [0.2, 0.25) is 0 Å². The molecule has 0 saturated carbocycles. The van der Waals surface area contributed by atoms with E-state index in [0.717, 1.165) is 53.7 Å². The van der Waals surface area contributed by atoms with Crippen molar-refractivity contribution in [3.05, 3.63) is 75.7 Å². The highest BCUT2D eigenvalue weighted by Crippen LogP contribution is 2.42. The van der Waals surface area contributed by atoms with E-state index in [-0.39, 0.29) is 18.9 Å². The summed E-state index contributed by atoms with van der Waals surface area (Å²) in [7, 11) is 0. The van der Waals surface area contributed by atoms with Crippen LogP contribution in [0.5, 0.6) is 11.5 Å². The third-order valence-electron chi connectivity index (χ3n) is 5.89. The van der Waals surface area contributed by atoms with Crippen molar-refractivity contribution in [3.63, 3.8) is 0 Å². The molecule has 3 aromatic rings. The molecule has 2 aromatic carbocycles. The largest absolute Gasteiger partial charge is 0.454 e. The number of carbonyl (C=O) groups is 1. The van der Waals surface area contributed by atoms with Crippen molar-refractivity contribution in [1.82, 2.24) is 10.2 Å². The summed E-state index contributed by atoms with van der Waals surface area (Å²) in [6.07, 6.45) is 0.623. The van der Waals surface area contributed by atoms with Crippen molar-refractivity contribution >= 4 is 22.2 Å². The number of rotatable bonds is 3. The van der Waals surface area contributed by atoms with Crippen LogP contribution in [0.1, 0.15) is 38.1 Å². The fourth-order valence-electron chi connectivity index (χ4n) is 4.40. The number of carbonyl (C=O) groups excluding carboxylic acids is 1. The van der Waals surface area contributed by atoms with Crippen LogP contribution in [0.3, 0.4) is 0 Å². The average Bonchev–Trinajstić information content (AvgIpc) is 3.37. The molecule has 6 rings (SSSR count). The molecule has 0 spiro atoms. The number of fused-ring (bicyclic) bond motifs is 4. The van der Waals surface area contributed by atoms with Gasteiger partial charge in [0.1, 0.15) is 11.2 Å². The highest BCUT2D eigenvalue weighted by Gasteiger charge is 2.33. The van der Waals surface area contributed by atoms with Gasteiger partial charge in [0, 0.05) is 24.5 Å². The molecule has 0 fully saturated rings. The van der Waals surface area contributed by atoms with E-state index >= 15 is 0 Å². The minimum atomic E-state index is -0.278. The van der Waals surface area contributed by atoms with Gasteiger partial charge in [-0.3, -0.25) is 9.69 Å². The smallest absolute Gasteiger partial charge is 0.256 e. The Labute approximate surface area is 178 Å². The van der Waals surface area contributed by atoms with E-state index in [4.69, 9.17) is 9.47 Å². The van der Waals surface area contributed by atoms with Crippen LogP contribution in [0.25, 0.3) is 0 Å². The summed E-state index contributed by atoms with van der Waals surface area (Å²) in [5, 5.41) is 7.61. The average molecular weight is 420 g/mol. The number of thiophene rings is 1. The van der Waals surface area contributed by atoms with Crippen LogP contribution < -0.4 is 20.1 Å². The molecule has 3 aliphatic rings. The molecule has 0 radical (unpaired) electrons. The van der Waals surface area contributed by atoms with Gasteiger partial charge in [-0.15, -0.1) is 11.3 Å². The first-order chi connectivity index (χ1) is 14.7. The summed E-state index contributed by atoms with van der Waals surface area (Å²) < 4.78 is 10.9.